The van der Waals surface area contributed by atoms with Crippen LogP contribution in [0.2, 0.25) is 0 Å². The van der Waals surface area contributed by atoms with Crippen LogP contribution >= 0.6 is 11.3 Å². The largest absolute Gasteiger partial charge is 0.508 e. The number of carboxylic acid groups (broad SMARTS) is 1. The fraction of sp³-hybridized carbons (Fsp3) is 0.267. The van der Waals surface area contributed by atoms with Gasteiger partial charge in [0.1, 0.15) is 5.75 Å². The molecule has 1 aromatic heterocycles. The molecule has 41 heavy (non-hydrogen) atoms. The second kappa shape index (κ2) is 13.6. The van der Waals surface area contributed by atoms with E-state index in [-0.39, 0.29) is 5.91 Å². The van der Waals surface area contributed by atoms with Gasteiger partial charge >= 0.3 is 12.1 Å². The number of alkyl halides is 3. The molecule has 1 amide bonds. The van der Waals surface area contributed by atoms with Crippen molar-refractivity contribution >= 4 is 39.0 Å². The molecule has 0 radical (unpaired) electrons. The van der Waals surface area contributed by atoms with Gasteiger partial charge in [-0.05, 0) is 72.4 Å². The van der Waals surface area contributed by atoms with E-state index in [0.29, 0.717) is 5.75 Å². The summed E-state index contributed by atoms with van der Waals surface area (Å²) < 4.78 is 32.9. The molecule has 216 valence electrons. The highest BCUT2D eigenvalue weighted by Gasteiger charge is 2.38. The van der Waals surface area contributed by atoms with Gasteiger partial charge < -0.3 is 15.5 Å². The quantitative estimate of drug-likeness (QED) is 0.250. The molecule has 0 atom stereocenters. The highest BCUT2D eigenvalue weighted by atomic mass is 32.1. The third-order valence-corrected chi connectivity index (χ3v) is 7.60. The van der Waals surface area contributed by atoms with Crippen LogP contribution in [0, 0.1) is 0 Å². The molecule has 7 nitrogen and oxygen atoms in total. The van der Waals surface area contributed by atoms with Gasteiger partial charge in [-0.15, -0.1) is 11.3 Å². The number of halogens is 3. The van der Waals surface area contributed by atoms with Crippen molar-refractivity contribution in [2.75, 3.05) is 31.5 Å². The number of hydrogen-bond acceptors (Lipinski definition) is 6. The third kappa shape index (κ3) is 9.04. The fourth-order valence-electron chi connectivity index (χ4n) is 4.55. The smallest absolute Gasteiger partial charge is 0.490 e. The fourth-order valence-corrected chi connectivity index (χ4v) is 5.50. The van der Waals surface area contributed by atoms with Crippen molar-refractivity contribution in [2.45, 2.75) is 25.7 Å². The van der Waals surface area contributed by atoms with E-state index in [2.05, 4.69) is 33.3 Å². The maximum Gasteiger partial charge on any atom is 0.490 e. The number of phenols is 1. The number of nitrogens with zero attached hydrogens (tertiary/aromatic N) is 2. The summed E-state index contributed by atoms with van der Waals surface area (Å²) in [4.78, 5) is 27.4. The van der Waals surface area contributed by atoms with Crippen LogP contribution in [0.3, 0.4) is 0 Å². The first kappa shape index (κ1) is 30.0. The number of fused-ring (bicyclic) bond motifs is 1. The van der Waals surface area contributed by atoms with Gasteiger partial charge in [-0.2, -0.15) is 13.2 Å². The molecule has 5 rings (SSSR count). The zero-order chi connectivity index (χ0) is 29.4. The highest BCUT2D eigenvalue weighted by molar-refractivity contribution is 7.20. The minimum Gasteiger partial charge on any atom is -0.508 e. The summed E-state index contributed by atoms with van der Waals surface area (Å²) in [5.74, 6) is -2.49. The van der Waals surface area contributed by atoms with Crippen LogP contribution in [0.15, 0.2) is 78.9 Å². The summed E-state index contributed by atoms with van der Waals surface area (Å²) in [6.07, 6.45) is -3.97. The SMILES string of the molecule is O=C(Nc1cccc(CN2CCCN(Cc3cccc(O)c3)CC2)c1)c1cc2ccccc2s1.O=C(O)C(F)(F)F. The molecule has 0 saturated carbocycles. The Kier molecular flexibility index (Phi) is 9.98. The average molecular weight is 586 g/mol. The zero-order valence-corrected chi connectivity index (χ0v) is 22.9. The van der Waals surface area contributed by atoms with Crippen LogP contribution in [0.25, 0.3) is 10.1 Å². The molecule has 1 saturated heterocycles. The molecule has 0 spiro atoms. The maximum atomic E-state index is 12.8. The number of thiophene rings is 1. The molecule has 0 unspecified atom stereocenters. The zero-order valence-electron chi connectivity index (χ0n) is 22.1. The number of benzene rings is 3. The molecule has 11 heteroatoms. The van der Waals surface area contributed by atoms with E-state index in [1.54, 1.807) is 6.07 Å². The molecule has 4 aromatic rings. The van der Waals surface area contributed by atoms with Crippen LogP contribution in [-0.2, 0) is 17.9 Å². The van der Waals surface area contributed by atoms with Gasteiger partial charge in [0.2, 0.25) is 0 Å². The molecule has 0 aliphatic carbocycles. The topological polar surface area (TPSA) is 93.1 Å². The van der Waals surface area contributed by atoms with Crippen molar-refractivity contribution < 1.29 is 33.0 Å². The van der Waals surface area contributed by atoms with Crippen molar-refractivity contribution in [2.24, 2.45) is 0 Å². The minimum atomic E-state index is -5.08. The van der Waals surface area contributed by atoms with E-state index >= 15 is 0 Å². The van der Waals surface area contributed by atoms with Crippen molar-refractivity contribution in [1.82, 2.24) is 9.80 Å². The van der Waals surface area contributed by atoms with Gasteiger partial charge in [-0.25, -0.2) is 4.79 Å². The van der Waals surface area contributed by atoms with Crippen molar-refractivity contribution in [1.29, 1.82) is 0 Å². The Bertz CT molecular complexity index is 1460. The summed E-state index contributed by atoms with van der Waals surface area (Å²) in [6.45, 7) is 5.83. The predicted molar refractivity (Wildman–Crippen MR) is 153 cm³/mol. The molecular formula is C30H30F3N3O4S. The number of anilines is 1. The van der Waals surface area contributed by atoms with E-state index in [4.69, 9.17) is 9.90 Å². The summed E-state index contributed by atoms with van der Waals surface area (Å²) >= 11 is 1.52. The molecule has 1 aliphatic rings. The molecule has 3 N–H and O–H groups in total. The number of amides is 1. The van der Waals surface area contributed by atoms with Gasteiger partial charge in [-0.3, -0.25) is 14.6 Å². The van der Waals surface area contributed by atoms with Crippen LogP contribution in [0.4, 0.5) is 18.9 Å². The summed E-state index contributed by atoms with van der Waals surface area (Å²) in [5, 5.41) is 21.0. The van der Waals surface area contributed by atoms with E-state index in [1.807, 2.05) is 54.6 Å². The Hall–Kier alpha value is -3.93. The Morgan fingerprint density at radius 2 is 1.44 bits per heavy atom. The van der Waals surface area contributed by atoms with Crippen molar-refractivity contribution in [3.8, 4) is 5.75 Å². The summed E-state index contributed by atoms with van der Waals surface area (Å²) in [5.41, 5.74) is 3.19. The average Bonchev–Trinajstić information content (AvgIpc) is 3.25. The Morgan fingerprint density at radius 3 is 2.05 bits per heavy atom. The number of hydrogen-bond donors (Lipinski definition) is 3. The lowest BCUT2D eigenvalue weighted by Gasteiger charge is -2.22. The number of carbonyl (C=O) groups excluding carboxylic acids is 1. The Balaban J connectivity index is 0.000000493. The van der Waals surface area contributed by atoms with Crippen LogP contribution in [0.1, 0.15) is 27.2 Å². The molecule has 2 heterocycles. The van der Waals surface area contributed by atoms with E-state index in [1.165, 1.54) is 16.9 Å². The van der Waals surface area contributed by atoms with E-state index in [0.717, 1.165) is 71.9 Å². The summed E-state index contributed by atoms with van der Waals surface area (Å²) in [6, 6.07) is 25.8. The molecule has 3 aromatic carbocycles. The lowest BCUT2D eigenvalue weighted by molar-refractivity contribution is -0.192. The van der Waals surface area contributed by atoms with Crippen molar-refractivity contribution in [3.63, 3.8) is 0 Å². The van der Waals surface area contributed by atoms with Gasteiger partial charge in [-0.1, -0.05) is 42.5 Å². The second-order valence-electron chi connectivity index (χ2n) is 9.68. The van der Waals surface area contributed by atoms with Gasteiger partial charge in [0.15, 0.2) is 0 Å². The van der Waals surface area contributed by atoms with Crippen LogP contribution in [-0.4, -0.2) is 64.2 Å². The standard InChI is InChI=1S/C28H29N3O2S.C2HF3O2/c32-25-10-4-7-22(17-25)20-31-13-5-12-30(14-15-31)19-21-6-3-9-24(16-21)29-28(33)27-18-23-8-1-2-11-26(23)34-27;3-2(4,5)1(6)7/h1-4,6-11,16-18,32H,5,12-15,19-20H2,(H,29,33);(H,6,7). The molecule has 1 fully saturated rings. The van der Waals surface area contributed by atoms with E-state index in [9.17, 15) is 23.1 Å². The lowest BCUT2D eigenvalue weighted by Crippen LogP contribution is -2.30. The first-order valence-electron chi connectivity index (χ1n) is 13.0. The monoisotopic (exact) mass is 585 g/mol. The summed E-state index contributed by atoms with van der Waals surface area (Å²) in [7, 11) is 0. The number of phenolic OH excluding ortho intramolecular Hbond substituents is 1. The first-order chi connectivity index (χ1) is 19.6. The Morgan fingerprint density at radius 1 is 0.829 bits per heavy atom. The van der Waals surface area contributed by atoms with Gasteiger partial charge in [0.05, 0.1) is 4.88 Å². The third-order valence-electron chi connectivity index (χ3n) is 6.48. The maximum absolute atomic E-state index is 12.8. The number of carbonyl (C=O) groups is 2. The Labute approximate surface area is 239 Å². The predicted octanol–water partition coefficient (Wildman–Crippen LogP) is 6.20. The normalized spacial score (nSPS) is 14.6. The van der Waals surface area contributed by atoms with Crippen molar-refractivity contribution in [3.05, 3.63) is 94.9 Å². The number of rotatable bonds is 6. The van der Waals surface area contributed by atoms with Gasteiger partial charge in [0, 0.05) is 36.6 Å². The number of carboxylic acids is 1. The second-order valence-corrected chi connectivity index (χ2v) is 10.8. The van der Waals surface area contributed by atoms with Crippen LogP contribution in [0.5, 0.6) is 5.75 Å². The first-order valence-corrected chi connectivity index (χ1v) is 13.8. The number of nitrogens with one attached hydrogen (secondary N) is 1. The van der Waals surface area contributed by atoms with E-state index < -0.39 is 12.1 Å². The number of aromatic hydroxyl groups is 1. The molecule has 0 bridgehead atoms. The van der Waals surface area contributed by atoms with Crippen LogP contribution < -0.4 is 5.32 Å². The molecular weight excluding hydrogens is 555 g/mol. The minimum absolute atomic E-state index is 0.0595. The number of aliphatic carboxylic acids is 1. The molecule has 1 aliphatic heterocycles. The lowest BCUT2D eigenvalue weighted by atomic mass is 10.1. The van der Waals surface area contributed by atoms with Gasteiger partial charge in [0.25, 0.3) is 5.91 Å². The highest BCUT2D eigenvalue weighted by Crippen LogP contribution is 2.26.